The van der Waals surface area contributed by atoms with Crippen molar-refractivity contribution in [1.82, 2.24) is 0 Å². The van der Waals surface area contributed by atoms with Crippen LogP contribution in [0.5, 0.6) is 5.75 Å². The fraction of sp³-hybridized carbons (Fsp3) is 0.412. The van der Waals surface area contributed by atoms with Crippen LogP contribution in [0.2, 0.25) is 0 Å². The summed E-state index contributed by atoms with van der Waals surface area (Å²) in [6, 6.07) is 10.3. The molecular formula is C17H20O2S. The van der Waals surface area contributed by atoms with Crippen LogP contribution >= 0.6 is 11.3 Å². The van der Waals surface area contributed by atoms with E-state index in [1.165, 1.54) is 11.1 Å². The first kappa shape index (κ1) is 13.7. The van der Waals surface area contributed by atoms with Gasteiger partial charge in [-0.3, -0.25) is 0 Å². The van der Waals surface area contributed by atoms with E-state index < -0.39 is 5.60 Å². The van der Waals surface area contributed by atoms with Crippen LogP contribution < -0.4 is 4.74 Å². The maximum atomic E-state index is 10.9. The second kappa shape index (κ2) is 5.23. The lowest BCUT2D eigenvalue weighted by Crippen LogP contribution is -2.26. The Morgan fingerprint density at radius 2 is 2.15 bits per heavy atom. The average molecular weight is 288 g/mol. The second-order valence-electron chi connectivity index (χ2n) is 5.78. The minimum absolute atomic E-state index is 0.358. The summed E-state index contributed by atoms with van der Waals surface area (Å²) in [6.07, 6.45) is 1.71. The first-order valence-electron chi connectivity index (χ1n) is 7.06. The second-order valence-corrected chi connectivity index (χ2v) is 6.70. The van der Waals surface area contributed by atoms with Gasteiger partial charge in [0.25, 0.3) is 0 Å². The number of ether oxygens (including phenoxy) is 1. The zero-order valence-corrected chi connectivity index (χ0v) is 12.7. The molecule has 0 radical (unpaired) electrons. The largest absolute Gasteiger partial charge is 0.493 e. The summed E-state index contributed by atoms with van der Waals surface area (Å²) in [5, 5.41) is 13.0. The van der Waals surface area contributed by atoms with Crippen molar-refractivity contribution in [3.8, 4) is 5.75 Å². The fourth-order valence-electron chi connectivity index (χ4n) is 3.12. The van der Waals surface area contributed by atoms with Crippen molar-refractivity contribution in [2.24, 2.45) is 0 Å². The molecule has 1 aliphatic heterocycles. The number of fused-ring (bicyclic) bond motifs is 1. The molecule has 2 aromatic rings. The SMILES string of the molecule is Cc1ccsc1C(C)(O)CC1CCOc2ccccc21. The van der Waals surface area contributed by atoms with Gasteiger partial charge in [0, 0.05) is 4.88 Å². The molecule has 3 heteroatoms. The van der Waals surface area contributed by atoms with Crippen molar-refractivity contribution in [1.29, 1.82) is 0 Å². The number of para-hydroxylation sites is 1. The quantitative estimate of drug-likeness (QED) is 0.916. The Kier molecular flexibility index (Phi) is 3.57. The van der Waals surface area contributed by atoms with Crippen LogP contribution in [0.1, 0.15) is 41.7 Å². The molecular weight excluding hydrogens is 268 g/mol. The molecule has 0 amide bonds. The lowest BCUT2D eigenvalue weighted by molar-refractivity contribution is 0.0383. The van der Waals surface area contributed by atoms with Gasteiger partial charge in [-0.05, 0) is 61.2 Å². The van der Waals surface area contributed by atoms with Crippen LogP contribution in [0.3, 0.4) is 0 Å². The number of hydrogen-bond donors (Lipinski definition) is 1. The number of rotatable bonds is 3. The standard InChI is InChI=1S/C17H20O2S/c1-12-8-10-20-16(12)17(2,18)11-13-7-9-19-15-6-4-3-5-14(13)15/h3-6,8,10,13,18H,7,9,11H2,1-2H3. The van der Waals surface area contributed by atoms with Crippen molar-refractivity contribution in [2.45, 2.75) is 38.2 Å². The molecule has 0 spiro atoms. The number of benzene rings is 1. The van der Waals surface area contributed by atoms with Crippen LogP contribution in [0, 0.1) is 6.92 Å². The van der Waals surface area contributed by atoms with Gasteiger partial charge >= 0.3 is 0 Å². The van der Waals surface area contributed by atoms with Crippen molar-refractivity contribution in [3.63, 3.8) is 0 Å². The highest BCUT2D eigenvalue weighted by atomic mass is 32.1. The number of aryl methyl sites for hydroxylation is 1. The highest BCUT2D eigenvalue weighted by molar-refractivity contribution is 7.10. The molecule has 2 heterocycles. The molecule has 3 rings (SSSR count). The third-order valence-corrected chi connectivity index (χ3v) is 5.35. The van der Waals surface area contributed by atoms with Crippen molar-refractivity contribution < 1.29 is 9.84 Å². The van der Waals surface area contributed by atoms with Crippen LogP contribution in [0.25, 0.3) is 0 Å². The first-order valence-corrected chi connectivity index (χ1v) is 7.94. The summed E-state index contributed by atoms with van der Waals surface area (Å²) in [6.45, 7) is 4.74. The Hall–Kier alpha value is -1.32. The topological polar surface area (TPSA) is 29.5 Å². The molecule has 2 unspecified atom stereocenters. The zero-order chi connectivity index (χ0) is 14.2. The Labute approximate surface area is 124 Å². The maximum absolute atomic E-state index is 10.9. The van der Waals surface area contributed by atoms with Crippen LogP contribution in [-0.4, -0.2) is 11.7 Å². The molecule has 0 bridgehead atoms. The summed E-state index contributed by atoms with van der Waals surface area (Å²) < 4.78 is 5.70. The molecule has 1 aromatic carbocycles. The monoisotopic (exact) mass is 288 g/mol. The van der Waals surface area contributed by atoms with Gasteiger partial charge in [-0.1, -0.05) is 18.2 Å². The third-order valence-electron chi connectivity index (χ3n) is 4.08. The predicted octanol–water partition coefficient (Wildman–Crippen LogP) is 4.22. The molecule has 0 aliphatic carbocycles. The Balaban J connectivity index is 1.87. The van der Waals surface area contributed by atoms with E-state index >= 15 is 0 Å². The van der Waals surface area contributed by atoms with Crippen LogP contribution in [0.15, 0.2) is 35.7 Å². The highest BCUT2D eigenvalue weighted by Crippen LogP contribution is 2.42. The summed E-state index contributed by atoms with van der Waals surface area (Å²) in [4.78, 5) is 1.08. The van der Waals surface area contributed by atoms with E-state index in [-0.39, 0.29) is 0 Å². The van der Waals surface area contributed by atoms with Crippen LogP contribution in [-0.2, 0) is 5.60 Å². The zero-order valence-electron chi connectivity index (χ0n) is 11.9. The minimum Gasteiger partial charge on any atom is -0.493 e. The lowest BCUT2D eigenvalue weighted by Gasteiger charge is -2.32. The number of thiophene rings is 1. The van der Waals surface area contributed by atoms with E-state index in [0.29, 0.717) is 5.92 Å². The molecule has 2 atom stereocenters. The van der Waals surface area contributed by atoms with Gasteiger partial charge in [-0.15, -0.1) is 11.3 Å². The van der Waals surface area contributed by atoms with Crippen molar-refractivity contribution >= 4 is 11.3 Å². The molecule has 0 fully saturated rings. The molecule has 0 saturated carbocycles. The molecule has 0 saturated heterocycles. The predicted molar refractivity (Wildman–Crippen MR) is 82.5 cm³/mol. The van der Waals surface area contributed by atoms with Crippen molar-refractivity contribution in [2.75, 3.05) is 6.61 Å². The van der Waals surface area contributed by atoms with Gasteiger partial charge in [0.2, 0.25) is 0 Å². The summed E-state index contributed by atoms with van der Waals surface area (Å²) in [5.41, 5.74) is 1.64. The molecule has 1 N–H and O–H groups in total. The highest BCUT2D eigenvalue weighted by Gasteiger charge is 2.33. The summed E-state index contributed by atoms with van der Waals surface area (Å²) in [5.74, 6) is 1.33. The molecule has 1 aromatic heterocycles. The van der Waals surface area contributed by atoms with Gasteiger partial charge < -0.3 is 9.84 Å². The Morgan fingerprint density at radius 3 is 2.90 bits per heavy atom. The molecule has 2 nitrogen and oxygen atoms in total. The fourth-order valence-corrected chi connectivity index (χ4v) is 4.12. The number of hydrogen-bond acceptors (Lipinski definition) is 3. The first-order chi connectivity index (χ1) is 9.58. The lowest BCUT2D eigenvalue weighted by atomic mass is 9.82. The Morgan fingerprint density at radius 1 is 1.35 bits per heavy atom. The van der Waals surface area contributed by atoms with Gasteiger partial charge in [0.1, 0.15) is 5.75 Å². The van der Waals surface area contributed by atoms with E-state index in [1.54, 1.807) is 11.3 Å². The van der Waals surface area contributed by atoms with E-state index in [2.05, 4.69) is 24.4 Å². The molecule has 20 heavy (non-hydrogen) atoms. The normalized spacial score (nSPS) is 20.9. The van der Waals surface area contributed by atoms with Gasteiger partial charge in [-0.2, -0.15) is 0 Å². The smallest absolute Gasteiger partial charge is 0.122 e. The molecule has 106 valence electrons. The number of aliphatic hydroxyl groups is 1. The van der Waals surface area contributed by atoms with Crippen molar-refractivity contribution in [3.05, 3.63) is 51.7 Å². The van der Waals surface area contributed by atoms with Crippen LogP contribution in [0.4, 0.5) is 0 Å². The third kappa shape index (κ3) is 2.48. The molecule has 1 aliphatic rings. The Bertz CT molecular complexity index is 601. The van der Waals surface area contributed by atoms with Gasteiger partial charge in [0.15, 0.2) is 0 Å². The van der Waals surface area contributed by atoms with E-state index in [4.69, 9.17) is 4.74 Å². The summed E-state index contributed by atoms with van der Waals surface area (Å²) >= 11 is 1.65. The van der Waals surface area contributed by atoms with E-state index in [9.17, 15) is 5.11 Å². The van der Waals surface area contributed by atoms with E-state index in [1.807, 2.05) is 25.1 Å². The summed E-state index contributed by atoms with van der Waals surface area (Å²) in [7, 11) is 0. The van der Waals surface area contributed by atoms with Gasteiger partial charge in [-0.25, -0.2) is 0 Å². The minimum atomic E-state index is -0.770. The van der Waals surface area contributed by atoms with Gasteiger partial charge in [0.05, 0.1) is 12.2 Å². The van der Waals surface area contributed by atoms with E-state index in [0.717, 1.165) is 30.1 Å². The maximum Gasteiger partial charge on any atom is 0.122 e. The average Bonchev–Trinajstić information content (AvgIpc) is 2.86.